The van der Waals surface area contributed by atoms with Crippen LogP contribution in [0.2, 0.25) is 0 Å². The molecule has 0 radical (unpaired) electrons. The summed E-state index contributed by atoms with van der Waals surface area (Å²) < 4.78 is 50.1. The van der Waals surface area contributed by atoms with Gasteiger partial charge in [-0.1, -0.05) is 6.07 Å². The number of benzene rings is 2. The second kappa shape index (κ2) is 7.72. The Labute approximate surface area is 137 Å². The van der Waals surface area contributed by atoms with Gasteiger partial charge in [0.2, 0.25) is 0 Å². The fraction of sp³-hybridized carbons (Fsp3) is 0.235. The molecule has 0 saturated heterocycles. The highest BCUT2D eigenvalue weighted by Gasteiger charge is 2.18. The Kier molecular flexibility index (Phi) is 5.68. The van der Waals surface area contributed by atoms with Crippen molar-refractivity contribution in [2.75, 3.05) is 20.3 Å². The van der Waals surface area contributed by atoms with E-state index in [4.69, 9.17) is 9.47 Å². The summed E-state index contributed by atoms with van der Waals surface area (Å²) >= 11 is 0. The Morgan fingerprint density at radius 1 is 1.08 bits per heavy atom. The van der Waals surface area contributed by atoms with Crippen molar-refractivity contribution in [2.24, 2.45) is 0 Å². The molecule has 24 heavy (non-hydrogen) atoms. The van der Waals surface area contributed by atoms with Crippen LogP contribution in [0.25, 0.3) is 0 Å². The Bertz CT molecular complexity index is 750. The molecule has 4 nitrogen and oxygen atoms in total. The Hall–Kier alpha value is -2.70. The number of ether oxygens (including phenoxy) is 2. The van der Waals surface area contributed by atoms with E-state index in [1.165, 1.54) is 7.11 Å². The van der Waals surface area contributed by atoms with Gasteiger partial charge in [-0.25, -0.2) is 13.2 Å². The zero-order valence-corrected chi connectivity index (χ0v) is 13.2. The van der Waals surface area contributed by atoms with Crippen LogP contribution < -0.4 is 14.8 Å². The Balaban J connectivity index is 1.91. The SMILES string of the molecule is COc1cc(C)ccc1OCCNC(=O)c1ccc(F)c(F)c1F. The van der Waals surface area contributed by atoms with Crippen LogP contribution in [-0.2, 0) is 0 Å². The summed E-state index contributed by atoms with van der Waals surface area (Å²) in [5, 5.41) is 2.37. The van der Waals surface area contributed by atoms with Gasteiger partial charge in [0, 0.05) is 0 Å². The largest absolute Gasteiger partial charge is 0.493 e. The molecule has 0 aliphatic rings. The second-order valence-electron chi connectivity index (χ2n) is 4.98. The molecule has 0 atom stereocenters. The molecule has 0 aliphatic carbocycles. The molecule has 2 aromatic rings. The van der Waals surface area contributed by atoms with Crippen molar-refractivity contribution in [1.29, 1.82) is 0 Å². The predicted octanol–water partition coefficient (Wildman–Crippen LogP) is 3.23. The highest BCUT2D eigenvalue weighted by atomic mass is 19.2. The van der Waals surface area contributed by atoms with Crippen LogP contribution >= 0.6 is 0 Å². The second-order valence-corrected chi connectivity index (χ2v) is 4.98. The minimum atomic E-state index is -1.68. The van der Waals surface area contributed by atoms with Crippen LogP contribution in [0.5, 0.6) is 11.5 Å². The lowest BCUT2D eigenvalue weighted by atomic mass is 10.2. The molecule has 2 aromatic carbocycles. The van der Waals surface area contributed by atoms with E-state index in [-0.39, 0.29) is 13.2 Å². The van der Waals surface area contributed by atoms with Crippen LogP contribution in [0.15, 0.2) is 30.3 Å². The highest BCUT2D eigenvalue weighted by molar-refractivity contribution is 5.94. The maximum atomic E-state index is 13.5. The average Bonchev–Trinajstić information content (AvgIpc) is 2.57. The monoisotopic (exact) mass is 339 g/mol. The van der Waals surface area contributed by atoms with Gasteiger partial charge in [-0.3, -0.25) is 4.79 Å². The van der Waals surface area contributed by atoms with Crippen LogP contribution in [0.1, 0.15) is 15.9 Å². The summed E-state index contributed by atoms with van der Waals surface area (Å²) in [6.07, 6.45) is 0. The minimum absolute atomic E-state index is 0.0499. The summed E-state index contributed by atoms with van der Waals surface area (Å²) in [5.41, 5.74) is 0.433. The lowest BCUT2D eigenvalue weighted by Crippen LogP contribution is -2.29. The highest BCUT2D eigenvalue weighted by Crippen LogP contribution is 2.27. The maximum absolute atomic E-state index is 13.5. The van der Waals surface area contributed by atoms with E-state index in [2.05, 4.69) is 5.32 Å². The zero-order valence-electron chi connectivity index (χ0n) is 13.2. The molecule has 1 amide bonds. The number of nitrogens with one attached hydrogen (secondary N) is 1. The summed E-state index contributed by atoms with van der Waals surface area (Å²) in [6.45, 7) is 2.05. The van der Waals surface area contributed by atoms with Gasteiger partial charge in [0.15, 0.2) is 29.0 Å². The van der Waals surface area contributed by atoms with Crippen molar-refractivity contribution < 1.29 is 27.4 Å². The van der Waals surface area contributed by atoms with Crippen molar-refractivity contribution >= 4 is 5.91 Å². The number of rotatable bonds is 6. The van der Waals surface area contributed by atoms with Gasteiger partial charge in [0.1, 0.15) is 6.61 Å². The summed E-state index contributed by atoms with van der Waals surface area (Å²) in [5.74, 6) is -4.36. The molecule has 7 heteroatoms. The van der Waals surface area contributed by atoms with Gasteiger partial charge in [0.25, 0.3) is 5.91 Å². The third-order valence-electron chi connectivity index (χ3n) is 3.24. The van der Waals surface area contributed by atoms with Gasteiger partial charge < -0.3 is 14.8 Å². The Morgan fingerprint density at radius 3 is 2.54 bits per heavy atom. The van der Waals surface area contributed by atoms with Crippen LogP contribution in [0.3, 0.4) is 0 Å². The standard InChI is InChI=1S/C17H16F3NO3/c1-10-3-6-13(14(9-10)23-2)24-8-7-21-17(22)11-4-5-12(18)16(20)15(11)19/h3-6,9H,7-8H2,1-2H3,(H,21,22). The fourth-order valence-corrected chi connectivity index (χ4v) is 2.02. The number of halogens is 3. The number of hydrogen-bond donors (Lipinski definition) is 1. The predicted molar refractivity (Wildman–Crippen MR) is 81.9 cm³/mol. The quantitative estimate of drug-likeness (QED) is 0.649. The lowest BCUT2D eigenvalue weighted by Gasteiger charge is -2.12. The van der Waals surface area contributed by atoms with E-state index in [1.807, 2.05) is 13.0 Å². The summed E-state index contributed by atoms with van der Waals surface area (Å²) in [6, 6.07) is 6.94. The molecule has 128 valence electrons. The smallest absolute Gasteiger partial charge is 0.254 e. The van der Waals surface area contributed by atoms with E-state index >= 15 is 0 Å². The first kappa shape index (κ1) is 17.7. The molecule has 0 spiro atoms. The molecule has 0 bridgehead atoms. The van der Waals surface area contributed by atoms with Gasteiger partial charge in [-0.2, -0.15) is 0 Å². The molecule has 0 aromatic heterocycles. The molecular formula is C17H16F3NO3. The van der Waals surface area contributed by atoms with Crippen molar-refractivity contribution in [2.45, 2.75) is 6.92 Å². The molecule has 0 heterocycles. The van der Waals surface area contributed by atoms with E-state index < -0.39 is 28.9 Å². The Morgan fingerprint density at radius 2 is 1.83 bits per heavy atom. The van der Waals surface area contributed by atoms with Crippen molar-refractivity contribution in [3.05, 3.63) is 58.9 Å². The fourth-order valence-electron chi connectivity index (χ4n) is 2.02. The van der Waals surface area contributed by atoms with Gasteiger partial charge >= 0.3 is 0 Å². The number of amides is 1. The molecule has 0 unspecified atom stereocenters. The van der Waals surface area contributed by atoms with E-state index in [0.29, 0.717) is 17.6 Å². The van der Waals surface area contributed by atoms with Crippen molar-refractivity contribution in [1.82, 2.24) is 5.32 Å². The first-order valence-corrected chi connectivity index (χ1v) is 7.13. The number of methoxy groups -OCH3 is 1. The van der Waals surface area contributed by atoms with E-state index in [1.54, 1.807) is 12.1 Å². The van der Waals surface area contributed by atoms with Crippen molar-refractivity contribution in [3.63, 3.8) is 0 Å². The van der Waals surface area contributed by atoms with Crippen LogP contribution in [0.4, 0.5) is 13.2 Å². The first-order valence-electron chi connectivity index (χ1n) is 7.13. The van der Waals surface area contributed by atoms with Crippen LogP contribution in [0, 0.1) is 24.4 Å². The van der Waals surface area contributed by atoms with Gasteiger partial charge in [-0.15, -0.1) is 0 Å². The third kappa shape index (κ3) is 3.98. The molecule has 0 aliphatic heterocycles. The lowest BCUT2D eigenvalue weighted by molar-refractivity contribution is 0.0941. The van der Waals surface area contributed by atoms with Crippen molar-refractivity contribution in [3.8, 4) is 11.5 Å². The summed E-state index contributed by atoms with van der Waals surface area (Å²) in [7, 11) is 1.51. The average molecular weight is 339 g/mol. The zero-order chi connectivity index (χ0) is 17.7. The van der Waals surface area contributed by atoms with Gasteiger partial charge in [0.05, 0.1) is 19.2 Å². The molecule has 0 fully saturated rings. The minimum Gasteiger partial charge on any atom is -0.493 e. The van der Waals surface area contributed by atoms with E-state index in [0.717, 1.165) is 11.6 Å². The molecule has 2 rings (SSSR count). The van der Waals surface area contributed by atoms with Crippen LogP contribution in [-0.4, -0.2) is 26.2 Å². The molecule has 1 N–H and O–H groups in total. The first-order chi connectivity index (χ1) is 11.4. The molecule has 0 saturated carbocycles. The normalized spacial score (nSPS) is 10.4. The third-order valence-corrected chi connectivity index (χ3v) is 3.24. The topological polar surface area (TPSA) is 47.6 Å². The number of aryl methyl sites for hydroxylation is 1. The maximum Gasteiger partial charge on any atom is 0.254 e. The van der Waals surface area contributed by atoms with E-state index in [9.17, 15) is 18.0 Å². The van der Waals surface area contributed by atoms with Gasteiger partial charge in [-0.05, 0) is 36.8 Å². The number of carbonyl (C=O) groups excluding carboxylic acids is 1. The number of carbonyl (C=O) groups is 1. The summed E-state index contributed by atoms with van der Waals surface area (Å²) in [4.78, 5) is 11.8. The number of hydrogen-bond acceptors (Lipinski definition) is 3. The molecular weight excluding hydrogens is 323 g/mol.